The smallest absolute Gasteiger partial charge is 0.417 e. The molecule has 0 spiro atoms. The van der Waals surface area contributed by atoms with E-state index >= 15 is 0 Å². The molecule has 0 aromatic heterocycles. The Hall–Kier alpha value is -3.12. The highest BCUT2D eigenvalue weighted by molar-refractivity contribution is 9.18. The molecule has 11 heteroatoms. The summed E-state index contributed by atoms with van der Waals surface area (Å²) in [5.74, 6) is -1.64. The van der Waals surface area contributed by atoms with Gasteiger partial charge in [-0.3, -0.25) is 9.59 Å². The lowest BCUT2D eigenvalue weighted by molar-refractivity contribution is -0.145. The van der Waals surface area contributed by atoms with Crippen molar-refractivity contribution in [1.29, 1.82) is 0 Å². The van der Waals surface area contributed by atoms with Crippen LogP contribution in [0.4, 0.5) is 4.79 Å². The van der Waals surface area contributed by atoms with Crippen molar-refractivity contribution in [3.8, 4) is 0 Å². The molecule has 0 aliphatic carbocycles. The number of carbonyl (C=O) groups excluding carboxylic acids is 3. The first-order valence-corrected chi connectivity index (χ1v) is 12.2. The van der Waals surface area contributed by atoms with Crippen molar-refractivity contribution in [2.24, 2.45) is 16.6 Å². The average molecular weight is 561 g/mol. The molecule has 2 aromatic rings. The fraction of sp³-hybridized carbons (Fsp3) is 0.360. The number of carbonyl (C=O) groups is 3. The zero-order valence-corrected chi connectivity index (χ0v) is 21.3. The number of nitrogens with zero attached hydrogens (tertiary/aromatic N) is 2. The zero-order valence-electron chi connectivity index (χ0n) is 19.7. The molecule has 36 heavy (non-hydrogen) atoms. The molecule has 1 aliphatic rings. The minimum atomic E-state index is -1.54. The normalized spacial score (nSPS) is 18.2. The highest BCUT2D eigenvalue weighted by Crippen LogP contribution is 2.25. The number of ether oxygens (including phenoxy) is 1. The second-order valence-electron chi connectivity index (χ2n) is 8.47. The number of amides is 2. The molecule has 0 saturated heterocycles. The van der Waals surface area contributed by atoms with Crippen molar-refractivity contribution in [3.63, 3.8) is 0 Å². The van der Waals surface area contributed by atoms with Gasteiger partial charge in [-0.05, 0) is 40.4 Å². The maximum atomic E-state index is 13.6. The van der Waals surface area contributed by atoms with E-state index in [2.05, 4.69) is 21.1 Å². The Labute approximate surface area is 217 Å². The Kier molecular flexibility index (Phi) is 9.71. The molecular formula is C25H29BrN4O6. The van der Waals surface area contributed by atoms with Crippen LogP contribution < -0.4 is 11.5 Å². The van der Waals surface area contributed by atoms with Crippen LogP contribution >= 0.6 is 15.9 Å². The highest BCUT2D eigenvalue weighted by atomic mass is 79.9. The van der Waals surface area contributed by atoms with E-state index in [0.717, 1.165) is 5.56 Å². The average Bonchev–Trinajstić information content (AvgIpc) is 3.31. The van der Waals surface area contributed by atoms with Gasteiger partial charge in [0.25, 0.3) is 0 Å². The minimum absolute atomic E-state index is 0.0899. The van der Waals surface area contributed by atoms with Gasteiger partial charge >= 0.3 is 6.09 Å². The maximum Gasteiger partial charge on any atom is 0.417 e. The SMILES string of the molecule is C[C@@H](O)[C@H](N)C(=O)C(C1CC(Br)=NO1)N(C(=O)OCc1ccccc1)C(=O)[C@@H](N)Cc1ccccc1. The number of nitrogens with two attached hydrogens (primary N) is 2. The van der Waals surface area contributed by atoms with Crippen molar-refractivity contribution in [3.05, 3.63) is 71.8 Å². The molecule has 2 amide bonds. The summed E-state index contributed by atoms with van der Waals surface area (Å²) in [6.45, 7) is 1.19. The summed E-state index contributed by atoms with van der Waals surface area (Å²) in [4.78, 5) is 46.4. The van der Waals surface area contributed by atoms with Gasteiger partial charge in [-0.15, -0.1) is 0 Å². The number of imide groups is 1. The molecule has 5 N–H and O–H groups in total. The van der Waals surface area contributed by atoms with Gasteiger partial charge < -0.3 is 26.1 Å². The molecule has 0 fully saturated rings. The highest BCUT2D eigenvalue weighted by Gasteiger charge is 2.47. The van der Waals surface area contributed by atoms with Crippen LogP contribution in [0.15, 0.2) is 65.8 Å². The molecule has 5 atom stereocenters. The Morgan fingerprint density at radius 1 is 1.11 bits per heavy atom. The first kappa shape index (κ1) is 27.5. The lowest BCUT2D eigenvalue weighted by atomic mass is 9.94. The van der Waals surface area contributed by atoms with Gasteiger partial charge in [0, 0.05) is 6.42 Å². The zero-order chi connectivity index (χ0) is 26.2. The van der Waals surface area contributed by atoms with E-state index < -0.39 is 48.1 Å². The summed E-state index contributed by atoms with van der Waals surface area (Å²) >= 11 is 3.21. The van der Waals surface area contributed by atoms with Crippen molar-refractivity contribution >= 4 is 38.3 Å². The number of aliphatic hydroxyl groups excluding tert-OH is 1. The Balaban J connectivity index is 1.94. The molecule has 0 bridgehead atoms. The van der Waals surface area contributed by atoms with Gasteiger partial charge in [0.15, 0.2) is 11.9 Å². The number of benzene rings is 2. The molecule has 2 unspecified atom stereocenters. The van der Waals surface area contributed by atoms with Crippen molar-refractivity contribution in [2.75, 3.05) is 0 Å². The van der Waals surface area contributed by atoms with Crippen LogP contribution in [-0.4, -0.2) is 62.7 Å². The van der Waals surface area contributed by atoms with Crippen LogP contribution in [0.3, 0.4) is 0 Å². The van der Waals surface area contributed by atoms with Gasteiger partial charge in [-0.1, -0.05) is 65.8 Å². The van der Waals surface area contributed by atoms with E-state index in [1.165, 1.54) is 6.92 Å². The maximum absolute atomic E-state index is 13.6. The third-order valence-electron chi connectivity index (χ3n) is 5.68. The van der Waals surface area contributed by atoms with Crippen LogP contribution in [0, 0.1) is 0 Å². The number of rotatable bonds is 10. The second kappa shape index (κ2) is 12.7. The van der Waals surface area contributed by atoms with Crippen LogP contribution in [0.5, 0.6) is 0 Å². The number of oxime groups is 1. The van der Waals surface area contributed by atoms with Crippen molar-refractivity contribution in [1.82, 2.24) is 4.90 Å². The summed E-state index contributed by atoms with van der Waals surface area (Å²) in [6, 6.07) is 13.7. The molecule has 1 aliphatic heterocycles. The molecule has 0 radical (unpaired) electrons. The van der Waals surface area contributed by atoms with Crippen molar-refractivity contribution < 1.29 is 29.1 Å². The number of Topliss-reactive ketones (excluding diaryl/α,β-unsaturated/α-hetero) is 1. The Bertz CT molecular complexity index is 1080. The first-order valence-electron chi connectivity index (χ1n) is 11.4. The quantitative estimate of drug-likeness (QED) is 0.397. The molecule has 1 heterocycles. The van der Waals surface area contributed by atoms with Crippen LogP contribution in [0.2, 0.25) is 0 Å². The van der Waals surface area contributed by atoms with E-state index in [1.54, 1.807) is 48.5 Å². The van der Waals surface area contributed by atoms with Gasteiger partial charge in [0.05, 0.1) is 18.2 Å². The van der Waals surface area contributed by atoms with E-state index in [-0.39, 0.29) is 19.4 Å². The van der Waals surface area contributed by atoms with E-state index in [9.17, 15) is 19.5 Å². The number of halogens is 1. The fourth-order valence-corrected chi connectivity index (χ4v) is 4.11. The predicted molar refractivity (Wildman–Crippen MR) is 136 cm³/mol. The van der Waals surface area contributed by atoms with Crippen LogP contribution in [0.1, 0.15) is 24.5 Å². The Morgan fingerprint density at radius 3 is 2.22 bits per heavy atom. The summed E-state index contributed by atoms with van der Waals surface area (Å²) < 4.78 is 5.80. The van der Waals surface area contributed by atoms with Crippen LogP contribution in [-0.2, 0) is 32.2 Å². The number of hydrogen-bond acceptors (Lipinski definition) is 9. The largest absolute Gasteiger partial charge is 0.444 e. The molecular weight excluding hydrogens is 532 g/mol. The summed E-state index contributed by atoms with van der Waals surface area (Å²) in [6.07, 6.45) is -3.19. The van der Waals surface area contributed by atoms with Crippen molar-refractivity contribution in [2.45, 2.75) is 56.7 Å². The molecule has 2 aromatic carbocycles. The lowest BCUT2D eigenvalue weighted by Crippen LogP contribution is -2.62. The van der Waals surface area contributed by atoms with E-state index in [0.29, 0.717) is 15.1 Å². The van der Waals surface area contributed by atoms with Crippen LogP contribution in [0.25, 0.3) is 0 Å². The van der Waals surface area contributed by atoms with Gasteiger partial charge in [0.2, 0.25) is 5.91 Å². The second-order valence-corrected chi connectivity index (χ2v) is 9.39. The van der Waals surface area contributed by atoms with E-state index in [4.69, 9.17) is 21.0 Å². The number of aliphatic hydroxyl groups is 1. The minimum Gasteiger partial charge on any atom is -0.444 e. The van der Waals surface area contributed by atoms with E-state index in [1.807, 2.05) is 12.1 Å². The summed E-state index contributed by atoms with van der Waals surface area (Å²) in [5.41, 5.74) is 13.6. The number of ketones is 1. The fourth-order valence-electron chi connectivity index (χ4n) is 3.71. The first-order chi connectivity index (χ1) is 17.2. The molecule has 192 valence electrons. The summed E-state index contributed by atoms with van der Waals surface area (Å²) in [5, 5.41) is 13.8. The van der Waals surface area contributed by atoms with Gasteiger partial charge in [0.1, 0.15) is 17.3 Å². The third kappa shape index (κ3) is 6.97. The summed E-state index contributed by atoms with van der Waals surface area (Å²) in [7, 11) is 0. The lowest BCUT2D eigenvalue weighted by Gasteiger charge is -2.34. The molecule has 0 saturated carbocycles. The van der Waals surface area contributed by atoms with Gasteiger partial charge in [-0.2, -0.15) is 0 Å². The topological polar surface area (TPSA) is 158 Å². The monoisotopic (exact) mass is 560 g/mol. The predicted octanol–water partition coefficient (Wildman–Crippen LogP) is 1.86. The molecule has 10 nitrogen and oxygen atoms in total. The standard InChI is InChI=1S/C25H29BrN4O6/c1-15(31)21(28)23(32)22(19-13-20(26)29-36-19)30(25(34)35-14-17-10-6-3-7-11-17)24(33)18(27)12-16-8-4-2-5-9-16/h2-11,15,18-19,21-22,31H,12-14,27-28H2,1H3/t15-,18+,19?,21+,22?/m1/s1. The Morgan fingerprint density at radius 2 is 1.69 bits per heavy atom. The molecule has 3 rings (SSSR count). The third-order valence-corrected chi connectivity index (χ3v) is 6.15. The van der Waals surface area contributed by atoms with Gasteiger partial charge in [-0.25, -0.2) is 9.69 Å². The number of hydrogen-bond donors (Lipinski definition) is 3.